The third kappa shape index (κ3) is 2.81. The number of hydrogen-bond donors (Lipinski definition) is 0. The summed E-state index contributed by atoms with van der Waals surface area (Å²) in [7, 11) is 1.80. The lowest BCUT2D eigenvalue weighted by Crippen LogP contribution is -2.53. The van der Waals surface area contributed by atoms with Crippen molar-refractivity contribution in [2.75, 3.05) is 24.6 Å². The fourth-order valence-corrected chi connectivity index (χ4v) is 3.65. The van der Waals surface area contributed by atoms with Crippen LogP contribution >= 0.6 is 11.8 Å². The molecule has 0 radical (unpaired) electrons. The van der Waals surface area contributed by atoms with Gasteiger partial charge in [-0.2, -0.15) is 13.2 Å². The van der Waals surface area contributed by atoms with E-state index in [1.54, 1.807) is 50.2 Å². The summed E-state index contributed by atoms with van der Waals surface area (Å²) in [5.41, 5.74) is -1.21. The van der Waals surface area contributed by atoms with Gasteiger partial charge in [0.2, 0.25) is 0 Å². The van der Waals surface area contributed by atoms with Gasteiger partial charge in [0.15, 0.2) is 0 Å². The fourth-order valence-electron chi connectivity index (χ4n) is 3.36. The molecule has 0 saturated carbocycles. The summed E-state index contributed by atoms with van der Waals surface area (Å²) in [6.07, 6.45) is -1.70. The molecule has 1 atom stereocenters. The maximum atomic E-state index is 14.5. The first-order valence-electron chi connectivity index (χ1n) is 8.04. The third-order valence-electron chi connectivity index (χ3n) is 4.59. The van der Waals surface area contributed by atoms with Gasteiger partial charge < -0.3 is 9.64 Å². The molecule has 0 aromatic heterocycles. The third-order valence-corrected chi connectivity index (χ3v) is 4.98. The van der Waals surface area contributed by atoms with Gasteiger partial charge in [-0.15, -0.1) is 0 Å². The molecular weight excluding hydrogens is 353 g/mol. The van der Waals surface area contributed by atoms with Crippen LogP contribution in [0.1, 0.15) is 19.4 Å². The van der Waals surface area contributed by atoms with E-state index < -0.39 is 18.2 Å². The molecule has 2 aliphatic rings. The summed E-state index contributed by atoms with van der Waals surface area (Å²) in [6.45, 7) is 3.27. The van der Waals surface area contributed by atoms with Crippen molar-refractivity contribution in [2.24, 2.45) is 0 Å². The lowest BCUT2D eigenvalue weighted by Gasteiger charge is -2.46. The SMILES string of the molecule is CC(C)OCC1(C(F)(F)F)C2=C(CN(C)C=C2)N(Cl)c2ccccc21. The second-order valence-electron chi connectivity index (χ2n) is 6.65. The highest BCUT2D eigenvalue weighted by molar-refractivity contribution is 6.28. The molecule has 0 spiro atoms. The van der Waals surface area contributed by atoms with Crippen LogP contribution in [0.5, 0.6) is 0 Å². The van der Waals surface area contributed by atoms with Crippen molar-refractivity contribution in [1.29, 1.82) is 0 Å². The van der Waals surface area contributed by atoms with Crippen molar-refractivity contribution in [2.45, 2.75) is 31.5 Å². The highest BCUT2D eigenvalue weighted by atomic mass is 35.5. The van der Waals surface area contributed by atoms with Crippen LogP contribution in [0.15, 0.2) is 47.8 Å². The number of fused-ring (bicyclic) bond motifs is 1. The van der Waals surface area contributed by atoms with Gasteiger partial charge in [-0.3, -0.25) is 4.42 Å². The maximum absolute atomic E-state index is 14.5. The van der Waals surface area contributed by atoms with Gasteiger partial charge in [-0.05, 0) is 43.3 Å². The number of anilines is 1. The molecule has 0 bridgehead atoms. The molecule has 2 aliphatic heterocycles. The number of alkyl halides is 3. The zero-order chi connectivity index (χ0) is 18.4. The van der Waals surface area contributed by atoms with Crippen molar-refractivity contribution in [3.63, 3.8) is 0 Å². The minimum Gasteiger partial charge on any atom is -0.377 e. The largest absolute Gasteiger partial charge is 0.404 e. The summed E-state index contributed by atoms with van der Waals surface area (Å²) in [5, 5.41) is 0. The zero-order valence-corrected chi connectivity index (χ0v) is 15.0. The standard InChI is InChI=1S/C18H20ClF3N2O/c1-12(2)25-11-17(18(20,21)22)13-6-4-5-7-15(13)24(19)16-10-23(3)9-8-14(16)17/h4-9,12H,10-11H2,1-3H3. The van der Waals surface area contributed by atoms with E-state index in [0.717, 1.165) is 0 Å². The molecule has 136 valence electrons. The van der Waals surface area contributed by atoms with E-state index in [4.69, 9.17) is 16.5 Å². The number of ether oxygens (including phenoxy) is 1. The summed E-state index contributed by atoms with van der Waals surface area (Å²) < 4.78 is 50.3. The van der Waals surface area contributed by atoms with Gasteiger partial charge in [-0.25, -0.2) is 0 Å². The lowest BCUT2D eigenvalue weighted by molar-refractivity contribution is -0.196. The number of hydrogen-bond acceptors (Lipinski definition) is 3. The first-order chi connectivity index (χ1) is 11.7. The summed E-state index contributed by atoms with van der Waals surface area (Å²) in [5.74, 6) is 0. The van der Waals surface area contributed by atoms with Crippen LogP contribution in [0.3, 0.4) is 0 Å². The van der Waals surface area contributed by atoms with Crippen molar-refractivity contribution in [1.82, 2.24) is 4.90 Å². The van der Waals surface area contributed by atoms with Crippen molar-refractivity contribution in [3.05, 3.63) is 53.4 Å². The molecule has 7 heteroatoms. The number of rotatable bonds is 3. The maximum Gasteiger partial charge on any atom is 0.404 e. The molecule has 3 rings (SSSR count). The van der Waals surface area contributed by atoms with Crippen LogP contribution in [0.25, 0.3) is 0 Å². The fraction of sp³-hybridized carbons (Fsp3) is 0.444. The molecular formula is C18H20ClF3N2O. The molecule has 2 heterocycles. The quantitative estimate of drug-likeness (QED) is 0.721. The molecule has 1 aromatic rings. The van der Waals surface area contributed by atoms with Crippen LogP contribution in [-0.2, 0) is 10.2 Å². The predicted molar refractivity (Wildman–Crippen MR) is 92.4 cm³/mol. The first-order valence-corrected chi connectivity index (χ1v) is 8.38. The number of allylic oxidation sites excluding steroid dienone is 1. The monoisotopic (exact) mass is 372 g/mol. The lowest BCUT2D eigenvalue weighted by atomic mass is 9.69. The molecule has 1 unspecified atom stereocenters. The van der Waals surface area contributed by atoms with Crippen LogP contribution in [0, 0.1) is 0 Å². The first kappa shape index (κ1) is 18.1. The minimum absolute atomic E-state index is 0.117. The molecule has 3 nitrogen and oxygen atoms in total. The number of para-hydroxylation sites is 1. The van der Waals surface area contributed by atoms with Gasteiger partial charge in [0.25, 0.3) is 0 Å². The Hall–Kier alpha value is -1.66. The Bertz CT molecular complexity index is 729. The minimum atomic E-state index is -4.53. The molecule has 25 heavy (non-hydrogen) atoms. The zero-order valence-electron chi connectivity index (χ0n) is 14.3. The van der Waals surface area contributed by atoms with Gasteiger partial charge in [0.1, 0.15) is 5.41 Å². The van der Waals surface area contributed by atoms with Crippen LogP contribution < -0.4 is 4.42 Å². The average molecular weight is 373 g/mol. The second-order valence-corrected chi connectivity index (χ2v) is 6.99. The average Bonchev–Trinajstić information content (AvgIpc) is 2.54. The smallest absolute Gasteiger partial charge is 0.377 e. The predicted octanol–water partition coefficient (Wildman–Crippen LogP) is 4.60. The highest BCUT2D eigenvalue weighted by Crippen LogP contribution is 2.55. The number of halogens is 4. The van der Waals surface area contributed by atoms with Gasteiger partial charge in [0.05, 0.1) is 30.6 Å². The summed E-state index contributed by atoms with van der Waals surface area (Å²) in [4.78, 5) is 1.80. The number of benzene rings is 1. The van der Waals surface area contributed by atoms with Crippen LogP contribution in [0.2, 0.25) is 0 Å². The number of likely N-dealkylation sites (N-methyl/N-ethyl adjacent to an activating group) is 1. The highest BCUT2D eigenvalue weighted by Gasteiger charge is 2.62. The topological polar surface area (TPSA) is 15.7 Å². The molecule has 0 amide bonds. The Labute approximate surface area is 150 Å². The summed E-state index contributed by atoms with van der Waals surface area (Å²) >= 11 is 6.43. The molecule has 1 aromatic carbocycles. The van der Waals surface area contributed by atoms with E-state index in [1.165, 1.54) is 16.6 Å². The second kappa shape index (κ2) is 6.25. The Balaban J connectivity index is 2.29. The van der Waals surface area contributed by atoms with Crippen LogP contribution in [-0.4, -0.2) is 37.4 Å². The Morgan fingerprint density at radius 2 is 1.96 bits per heavy atom. The number of nitrogens with zero attached hydrogens (tertiary/aromatic N) is 2. The Morgan fingerprint density at radius 3 is 2.60 bits per heavy atom. The van der Waals surface area contributed by atoms with E-state index in [2.05, 4.69) is 0 Å². The van der Waals surface area contributed by atoms with Crippen molar-refractivity contribution >= 4 is 17.5 Å². The van der Waals surface area contributed by atoms with E-state index in [-0.39, 0.29) is 17.2 Å². The van der Waals surface area contributed by atoms with Crippen LogP contribution in [0.4, 0.5) is 18.9 Å². The van der Waals surface area contributed by atoms with Gasteiger partial charge in [-0.1, -0.05) is 18.2 Å². The van der Waals surface area contributed by atoms with E-state index >= 15 is 0 Å². The van der Waals surface area contributed by atoms with Crippen molar-refractivity contribution < 1.29 is 17.9 Å². The van der Waals surface area contributed by atoms with E-state index in [0.29, 0.717) is 17.9 Å². The molecule has 0 aliphatic carbocycles. The summed E-state index contributed by atoms with van der Waals surface area (Å²) in [6, 6.07) is 6.38. The van der Waals surface area contributed by atoms with E-state index in [9.17, 15) is 13.2 Å². The Morgan fingerprint density at radius 1 is 1.28 bits per heavy atom. The normalized spacial score (nSPS) is 23.2. The molecule has 0 fully saturated rings. The van der Waals surface area contributed by atoms with Gasteiger partial charge in [0, 0.05) is 18.8 Å². The van der Waals surface area contributed by atoms with Gasteiger partial charge >= 0.3 is 6.18 Å². The molecule has 0 N–H and O–H groups in total. The molecule has 0 saturated heterocycles. The Kier molecular flexibility index (Phi) is 4.54. The van der Waals surface area contributed by atoms with Crippen molar-refractivity contribution in [3.8, 4) is 0 Å². The van der Waals surface area contributed by atoms with E-state index in [1.807, 2.05) is 0 Å².